The number of nitrogens with zero attached hydrogens (tertiary/aromatic N) is 6. The highest BCUT2D eigenvalue weighted by molar-refractivity contribution is 5.70. The molecule has 3 aromatic heterocycles. The Labute approximate surface area is 179 Å². The van der Waals surface area contributed by atoms with Gasteiger partial charge in [0, 0.05) is 24.8 Å². The molecule has 0 N–H and O–H groups in total. The van der Waals surface area contributed by atoms with Crippen LogP contribution in [0, 0.1) is 12.7 Å². The van der Waals surface area contributed by atoms with E-state index in [1.807, 2.05) is 32.4 Å². The summed E-state index contributed by atoms with van der Waals surface area (Å²) >= 11 is 0. The minimum Gasteiger partial charge on any atom is -0.494 e. The lowest BCUT2D eigenvalue weighted by Crippen LogP contribution is -2.42. The molecule has 166 valence electrons. The zero-order valence-corrected chi connectivity index (χ0v) is 18.4. The molecule has 0 bridgehead atoms. The average molecular weight is 430 g/mol. The highest BCUT2D eigenvalue weighted by Crippen LogP contribution is 2.32. The lowest BCUT2D eigenvalue weighted by Gasteiger charge is -2.33. The fourth-order valence-corrected chi connectivity index (χ4v) is 3.91. The molecule has 0 spiro atoms. The largest absolute Gasteiger partial charge is 0.494 e. The van der Waals surface area contributed by atoms with Gasteiger partial charge in [0.05, 0.1) is 25.0 Å². The maximum absolute atomic E-state index is 14.0. The predicted octanol–water partition coefficient (Wildman–Crippen LogP) is 3.62. The van der Waals surface area contributed by atoms with Crippen molar-refractivity contribution in [3.63, 3.8) is 0 Å². The number of carbonyl (C=O) groups excluding carboxylic acids is 1. The van der Waals surface area contributed by atoms with Crippen LogP contribution in [0.1, 0.15) is 45.3 Å². The molecule has 0 saturated carbocycles. The summed E-state index contributed by atoms with van der Waals surface area (Å²) in [6, 6.07) is 1.87. The molecule has 4 heterocycles. The van der Waals surface area contributed by atoms with E-state index in [4.69, 9.17) is 9.47 Å². The molecule has 3 aromatic rings. The van der Waals surface area contributed by atoms with E-state index in [1.165, 1.54) is 11.6 Å². The summed E-state index contributed by atoms with van der Waals surface area (Å²) in [6.07, 6.45) is 4.11. The molecular formula is C21H27FN6O3. The molecule has 0 aromatic carbocycles. The normalized spacial score (nSPS) is 15.5. The van der Waals surface area contributed by atoms with Gasteiger partial charge in [-0.05, 0) is 46.6 Å². The number of methoxy groups -OCH3 is 1. The third kappa shape index (κ3) is 4.06. The fourth-order valence-electron chi connectivity index (χ4n) is 3.91. The lowest BCUT2D eigenvalue weighted by atomic mass is 10.0. The van der Waals surface area contributed by atoms with Gasteiger partial charge in [-0.3, -0.25) is 0 Å². The Balaban J connectivity index is 1.53. The first-order valence-electron chi connectivity index (χ1n) is 10.3. The summed E-state index contributed by atoms with van der Waals surface area (Å²) in [5.41, 5.74) is 2.09. The predicted molar refractivity (Wildman–Crippen MR) is 112 cm³/mol. The van der Waals surface area contributed by atoms with Crippen molar-refractivity contribution < 1.29 is 18.7 Å². The molecule has 31 heavy (non-hydrogen) atoms. The summed E-state index contributed by atoms with van der Waals surface area (Å²) in [6.45, 7) is 8.74. The standard InChI is InChI=1S/C21H27FN6O3/c1-13-18(14-10-17(30-5)19-16(22)11-23-27(19)12-14)24-25-28(13)15-6-8-26(9-7-15)20(29)31-21(2,3)4/h10-12,15H,6-9H2,1-5H3. The van der Waals surface area contributed by atoms with Crippen molar-refractivity contribution in [1.82, 2.24) is 29.5 Å². The Hall–Kier alpha value is -3.17. The number of pyridine rings is 1. The van der Waals surface area contributed by atoms with E-state index in [0.717, 1.165) is 30.3 Å². The molecule has 0 atom stereocenters. The van der Waals surface area contributed by atoms with E-state index in [1.54, 1.807) is 17.2 Å². The van der Waals surface area contributed by atoms with Crippen molar-refractivity contribution in [1.29, 1.82) is 0 Å². The number of rotatable bonds is 3. The van der Waals surface area contributed by atoms with E-state index >= 15 is 0 Å². The smallest absolute Gasteiger partial charge is 0.410 e. The molecule has 0 radical (unpaired) electrons. The van der Waals surface area contributed by atoms with Gasteiger partial charge >= 0.3 is 6.09 Å². The van der Waals surface area contributed by atoms with Gasteiger partial charge in [-0.15, -0.1) is 5.10 Å². The summed E-state index contributed by atoms with van der Waals surface area (Å²) in [5.74, 6) is -0.0624. The number of hydrogen-bond donors (Lipinski definition) is 0. The van der Waals surface area contributed by atoms with Crippen LogP contribution < -0.4 is 4.74 Å². The Kier molecular flexibility index (Phi) is 5.32. The van der Waals surface area contributed by atoms with Crippen LogP contribution in [0.3, 0.4) is 0 Å². The van der Waals surface area contributed by atoms with Crippen molar-refractivity contribution in [3.05, 3.63) is 30.0 Å². The third-order valence-electron chi connectivity index (χ3n) is 5.41. The van der Waals surface area contributed by atoms with Crippen LogP contribution in [0.2, 0.25) is 0 Å². The molecule has 4 rings (SSSR count). The second-order valence-electron chi connectivity index (χ2n) is 8.75. The molecule has 0 unspecified atom stereocenters. The first-order chi connectivity index (χ1) is 14.7. The Bertz CT molecular complexity index is 1110. The maximum atomic E-state index is 14.0. The van der Waals surface area contributed by atoms with Crippen molar-refractivity contribution in [3.8, 4) is 17.0 Å². The zero-order chi connectivity index (χ0) is 22.3. The van der Waals surface area contributed by atoms with Gasteiger partial charge in [0.15, 0.2) is 5.82 Å². The van der Waals surface area contributed by atoms with Crippen LogP contribution in [0.25, 0.3) is 16.8 Å². The van der Waals surface area contributed by atoms with Gasteiger partial charge in [0.25, 0.3) is 0 Å². The number of piperidine rings is 1. The first-order valence-corrected chi connectivity index (χ1v) is 10.3. The van der Waals surface area contributed by atoms with Crippen LogP contribution in [0.15, 0.2) is 18.5 Å². The van der Waals surface area contributed by atoms with E-state index in [9.17, 15) is 9.18 Å². The van der Waals surface area contributed by atoms with Crippen molar-refractivity contribution in [2.45, 2.75) is 52.2 Å². The summed E-state index contributed by atoms with van der Waals surface area (Å²) in [5, 5.41) is 12.8. The molecular weight excluding hydrogens is 403 g/mol. The maximum Gasteiger partial charge on any atom is 0.410 e. The van der Waals surface area contributed by atoms with Gasteiger partial charge in [0.1, 0.15) is 22.6 Å². The molecule has 1 aliphatic heterocycles. The molecule has 10 heteroatoms. The number of hydrogen-bond acceptors (Lipinski definition) is 6. The number of aromatic nitrogens is 5. The molecule has 0 aliphatic carbocycles. The topological polar surface area (TPSA) is 86.8 Å². The second kappa shape index (κ2) is 7.82. The number of fused-ring (bicyclic) bond motifs is 1. The van der Waals surface area contributed by atoms with E-state index in [2.05, 4.69) is 15.4 Å². The number of likely N-dealkylation sites (tertiary alicyclic amines) is 1. The molecule has 1 fully saturated rings. The fraction of sp³-hybridized carbons (Fsp3) is 0.524. The Morgan fingerprint density at radius 2 is 1.97 bits per heavy atom. The van der Waals surface area contributed by atoms with Gasteiger partial charge < -0.3 is 14.4 Å². The number of amides is 1. The monoisotopic (exact) mass is 430 g/mol. The first kappa shape index (κ1) is 21.1. The van der Waals surface area contributed by atoms with Crippen molar-refractivity contribution >= 4 is 11.6 Å². The number of halogens is 1. The lowest BCUT2D eigenvalue weighted by molar-refractivity contribution is 0.0184. The second-order valence-corrected chi connectivity index (χ2v) is 8.75. The Morgan fingerprint density at radius 3 is 2.61 bits per heavy atom. The molecule has 9 nitrogen and oxygen atoms in total. The van der Waals surface area contributed by atoms with E-state index in [-0.39, 0.29) is 17.7 Å². The van der Waals surface area contributed by atoms with Crippen LogP contribution >= 0.6 is 0 Å². The SMILES string of the molecule is COc1cc(-c2nnn(C3CCN(C(=O)OC(C)(C)C)CC3)c2C)cn2ncc(F)c12. The third-order valence-corrected chi connectivity index (χ3v) is 5.41. The highest BCUT2D eigenvalue weighted by Gasteiger charge is 2.29. The average Bonchev–Trinajstić information content (AvgIpc) is 3.29. The molecule has 1 saturated heterocycles. The highest BCUT2D eigenvalue weighted by atomic mass is 19.1. The molecule has 1 amide bonds. The zero-order valence-electron chi connectivity index (χ0n) is 18.4. The van der Waals surface area contributed by atoms with Crippen LogP contribution in [0.4, 0.5) is 9.18 Å². The number of ether oxygens (including phenoxy) is 2. The molecule has 1 aliphatic rings. The van der Waals surface area contributed by atoms with Gasteiger partial charge in [-0.25, -0.2) is 18.4 Å². The Morgan fingerprint density at radius 1 is 1.26 bits per heavy atom. The van der Waals surface area contributed by atoms with Gasteiger partial charge in [-0.2, -0.15) is 5.10 Å². The minimum absolute atomic E-state index is 0.132. The van der Waals surface area contributed by atoms with E-state index < -0.39 is 11.4 Å². The number of carbonyl (C=O) groups is 1. The summed E-state index contributed by atoms with van der Waals surface area (Å²) < 4.78 is 28.2. The summed E-state index contributed by atoms with van der Waals surface area (Å²) in [7, 11) is 1.49. The van der Waals surface area contributed by atoms with Crippen LogP contribution in [0.5, 0.6) is 5.75 Å². The van der Waals surface area contributed by atoms with Gasteiger partial charge in [-0.1, -0.05) is 5.21 Å². The van der Waals surface area contributed by atoms with Gasteiger partial charge in [0.2, 0.25) is 0 Å². The van der Waals surface area contributed by atoms with Crippen LogP contribution in [-0.4, -0.2) is 61.4 Å². The van der Waals surface area contributed by atoms with E-state index in [0.29, 0.717) is 24.5 Å². The minimum atomic E-state index is -0.509. The van der Waals surface area contributed by atoms with Crippen molar-refractivity contribution in [2.24, 2.45) is 0 Å². The van der Waals surface area contributed by atoms with Crippen molar-refractivity contribution in [2.75, 3.05) is 20.2 Å². The summed E-state index contributed by atoms with van der Waals surface area (Å²) in [4.78, 5) is 14.0. The van der Waals surface area contributed by atoms with Crippen LogP contribution in [-0.2, 0) is 4.74 Å². The quantitative estimate of drug-likeness (QED) is 0.631.